The van der Waals surface area contributed by atoms with Gasteiger partial charge in [0.25, 0.3) is 5.91 Å². The van der Waals surface area contributed by atoms with E-state index < -0.39 is 9.84 Å². The summed E-state index contributed by atoms with van der Waals surface area (Å²) in [5, 5.41) is 0.581. The monoisotopic (exact) mass is 431 g/mol. The molecule has 0 N–H and O–H groups in total. The zero-order chi connectivity index (χ0) is 21.2. The molecule has 8 heteroatoms. The van der Waals surface area contributed by atoms with E-state index in [0.29, 0.717) is 11.7 Å². The van der Waals surface area contributed by atoms with Crippen LogP contribution in [0.3, 0.4) is 0 Å². The molecule has 0 aliphatic heterocycles. The standard InChI is InChI=1S/C21H25N3O3S2/c1-15-10-11-17-18(14-15)28-21(22-17)24(13-7-12-23(2)3)20(25)16-8-5-6-9-19(16)29(4,26)27/h5-6,8-11,14H,7,12-13H2,1-4H3. The Labute approximate surface area is 175 Å². The number of benzene rings is 2. The summed E-state index contributed by atoms with van der Waals surface area (Å²) in [6.07, 6.45) is 1.87. The lowest BCUT2D eigenvalue weighted by Gasteiger charge is -2.22. The highest BCUT2D eigenvalue weighted by Gasteiger charge is 2.26. The van der Waals surface area contributed by atoms with E-state index in [1.54, 1.807) is 23.1 Å². The lowest BCUT2D eigenvalue weighted by Crippen LogP contribution is -2.34. The number of carbonyl (C=O) groups is 1. The summed E-state index contributed by atoms with van der Waals surface area (Å²) in [5.41, 5.74) is 2.13. The van der Waals surface area contributed by atoms with Gasteiger partial charge in [0.05, 0.1) is 20.7 Å². The summed E-state index contributed by atoms with van der Waals surface area (Å²) in [4.78, 5) is 21.8. The summed E-state index contributed by atoms with van der Waals surface area (Å²) >= 11 is 1.45. The summed E-state index contributed by atoms with van der Waals surface area (Å²) < 4.78 is 25.4. The van der Waals surface area contributed by atoms with Crippen LogP contribution in [-0.4, -0.2) is 57.6 Å². The molecule has 0 atom stereocenters. The minimum absolute atomic E-state index is 0.0413. The summed E-state index contributed by atoms with van der Waals surface area (Å²) in [6, 6.07) is 12.3. The van der Waals surface area contributed by atoms with Crippen LogP contribution in [0.25, 0.3) is 10.2 Å². The lowest BCUT2D eigenvalue weighted by atomic mass is 10.2. The second-order valence-electron chi connectivity index (χ2n) is 7.35. The molecule has 0 unspecified atom stereocenters. The first kappa shape index (κ1) is 21.4. The lowest BCUT2D eigenvalue weighted by molar-refractivity contribution is 0.0983. The largest absolute Gasteiger partial charge is 0.309 e. The van der Waals surface area contributed by atoms with Gasteiger partial charge in [-0.05, 0) is 63.8 Å². The van der Waals surface area contributed by atoms with Gasteiger partial charge in [0.15, 0.2) is 15.0 Å². The molecule has 0 spiro atoms. The van der Waals surface area contributed by atoms with Crippen molar-refractivity contribution in [3.8, 4) is 0 Å². The zero-order valence-electron chi connectivity index (χ0n) is 17.0. The molecule has 0 aliphatic carbocycles. The fourth-order valence-electron chi connectivity index (χ4n) is 3.08. The molecule has 6 nitrogen and oxygen atoms in total. The minimum atomic E-state index is -3.53. The number of sulfone groups is 1. The van der Waals surface area contributed by atoms with Crippen LogP contribution >= 0.6 is 11.3 Å². The van der Waals surface area contributed by atoms with Crippen molar-refractivity contribution >= 4 is 42.4 Å². The van der Waals surface area contributed by atoms with Crippen molar-refractivity contribution in [2.45, 2.75) is 18.2 Å². The van der Waals surface area contributed by atoms with Gasteiger partial charge in [-0.2, -0.15) is 0 Å². The number of nitrogens with zero attached hydrogens (tertiary/aromatic N) is 3. The molecular weight excluding hydrogens is 406 g/mol. The van der Waals surface area contributed by atoms with Gasteiger partial charge in [-0.15, -0.1) is 0 Å². The molecule has 0 aliphatic rings. The number of carbonyl (C=O) groups excluding carboxylic acids is 1. The fraction of sp³-hybridized carbons (Fsp3) is 0.333. The minimum Gasteiger partial charge on any atom is -0.309 e. The van der Waals surface area contributed by atoms with E-state index in [0.717, 1.165) is 35.0 Å². The third-order valence-corrected chi connectivity index (χ3v) is 6.71. The number of rotatable bonds is 7. The first-order chi connectivity index (χ1) is 13.7. The Balaban J connectivity index is 2.04. The van der Waals surface area contributed by atoms with Crippen molar-refractivity contribution < 1.29 is 13.2 Å². The summed E-state index contributed by atoms with van der Waals surface area (Å²) in [7, 11) is 0.424. The van der Waals surface area contributed by atoms with Crippen LogP contribution in [0, 0.1) is 6.92 Å². The van der Waals surface area contributed by atoms with Crippen LogP contribution in [-0.2, 0) is 9.84 Å². The van der Waals surface area contributed by atoms with Crippen LogP contribution in [0.4, 0.5) is 5.13 Å². The molecule has 0 saturated heterocycles. The quantitative estimate of drug-likeness (QED) is 0.572. The summed E-state index contributed by atoms with van der Waals surface area (Å²) in [5.74, 6) is -0.347. The number of aryl methyl sites for hydroxylation is 1. The highest BCUT2D eigenvalue weighted by Crippen LogP contribution is 2.31. The third-order valence-electron chi connectivity index (χ3n) is 4.51. The van der Waals surface area contributed by atoms with E-state index >= 15 is 0 Å². The molecule has 0 saturated carbocycles. The second-order valence-corrected chi connectivity index (χ2v) is 10.3. The molecule has 1 aromatic heterocycles. The Kier molecular flexibility index (Phi) is 6.36. The number of amides is 1. The molecule has 3 rings (SSSR count). The van der Waals surface area contributed by atoms with Gasteiger partial charge in [0.2, 0.25) is 0 Å². The molecule has 1 heterocycles. The first-order valence-corrected chi connectivity index (χ1v) is 12.0. The van der Waals surface area contributed by atoms with Crippen molar-refractivity contribution in [2.75, 3.05) is 38.3 Å². The van der Waals surface area contributed by atoms with Crippen molar-refractivity contribution in [2.24, 2.45) is 0 Å². The molecular formula is C21H25N3O3S2. The van der Waals surface area contributed by atoms with Crippen LogP contribution < -0.4 is 4.90 Å². The van der Waals surface area contributed by atoms with E-state index in [-0.39, 0.29) is 16.4 Å². The van der Waals surface area contributed by atoms with E-state index in [1.165, 1.54) is 17.4 Å². The van der Waals surface area contributed by atoms with Crippen LogP contribution in [0.2, 0.25) is 0 Å². The molecule has 0 radical (unpaired) electrons. The van der Waals surface area contributed by atoms with Crippen LogP contribution in [0.1, 0.15) is 22.3 Å². The zero-order valence-corrected chi connectivity index (χ0v) is 18.7. The Morgan fingerprint density at radius 2 is 1.83 bits per heavy atom. The van der Waals surface area contributed by atoms with Crippen molar-refractivity contribution in [1.29, 1.82) is 0 Å². The van der Waals surface area contributed by atoms with Gasteiger partial charge in [0.1, 0.15) is 0 Å². The number of anilines is 1. The van der Waals surface area contributed by atoms with Gasteiger partial charge in [-0.25, -0.2) is 13.4 Å². The molecule has 0 bridgehead atoms. The number of hydrogen-bond acceptors (Lipinski definition) is 6. The van der Waals surface area contributed by atoms with Crippen LogP contribution in [0.5, 0.6) is 0 Å². The number of thiazole rings is 1. The van der Waals surface area contributed by atoms with Gasteiger partial charge >= 0.3 is 0 Å². The molecule has 154 valence electrons. The van der Waals surface area contributed by atoms with Gasteiger partial charge in [-0.3, -0.25) is 9.69 Å². The maximum Gasteiger partial charge on any atom is 0.261 e. The van der Waals surface area contributed by atoms with E-state index in [2.05, 4.69) is 9.88 Å². The van der Waals surface area contributed by atoms with Crippen molar-refractivity contribution in [3.05, 3.63) is 53.6 Å². The first-order valence-electron chi connectivity index (χ1n) is 9.29. The normalized spacial score (nSPS) is 11.9. The number of fused-ring (bicyclic) bond motifs is 1. The number of hydrogen-bond donors (Lipinski definition) is 0. The van der Waals surface area contributed by atoms with E-state index in [4.69, 9.17) is 0 Å². The predicted octanol–water partition coefficient (Wildman–Crippen LogP) is 3.61. The third kappa shape index (κ3) is 5.01. The van der Waals surface area contributed by atoms with Crippen molar-refractivity contribution in [3.63, 3.8) is 0 Å². The highest BCUT2D eigenvalue weighted by molar-refractivity contribution is 7.90. The molecule has 3 aromatic rings. The summed E-state index contributed by atoms with van der Waals surface area (Å²) in [6.45, 7) is 3.27. The smallest absolute Gasteiger partial charge is 0.261 e. The van der Waals surface area contributed by atoms with E-state index in [9.17, 15) is 13.2 Å². The molecule has 0 fully saturated rings. The topological polar surface area (TPSA) is 70.6 Å². The van der Waals surface area contributed by atoms with E-state index in [1.807, 2.05) is 39.2 Å². The Morgan fingerprint density at radius 3 is 2.52 bits per heavy atom. The number of aromatic nitrogens is 1. The van der Waals surface area contributed by atoms with Gasteiger partial charge < -0.3 is 4.90 Å². The van der Waals surface area contributed by atoms with Crippen molar-refractivity contribution in [1.82, 2.24) is 9.88 Å². The van der Waals surface area contributed by atoms with Crippen LogP contribution in [0.15, 0.2) is 47.4 Å². The Bertz CT molecular complexity index is 1140. The maximum atomic E-state index is 13.4. The molecule has 1 amide bonds. The SMILES string of the molecule is Cc1ccc2nc(N(CCCN(C)C)C(=O)c3ccccc3S(C)(=O)=O)sc2c1. The predicted molar refractivity (Wildman–Crippen MR) is 119 cm³/mol. The second kappa shape index (κ2) is 8.61. The fourth-order valence-corrected chi connectivity index (χ4v) is 5.05. The van der Waals surface area contributed by atoms with Gasteiger partial charge in [0, 0.05) is 12.8 Å². The Hall–Kier alpha value is -2.29. The van der Waals surface area contributed by atoms with Gasteiger partial charge in [-0.1, -0.05) is 29.5 Å². The average molecular weight is 432 g/mol. The molecule has 2 aromatic carbocycles. The Morgan fingerprint density at radius 1 is 1.10 bits per heavy atom. The highest BCUT2D eigenvalue weighted by atomic mass is 32.2. The molecule has 29 heavy (non-hydrogen) atoms. The average Bonchev–Trinajstić information content (AvgIpc) is 3.06. The maximum absolute atomic E-state index is 13.4.